The Balaban J connectivity index is 1.68. The molecule has 0 spiro atoms. The van der Waals surface area contributed by atoms with Crippen molar-refractivity contribution in [1.29, 1.82) is 5.26 Å². The number of nitriles is 1. The molecule has 0 aromatic heterocycles. The number of benzene rings is 2. The Morgan fingerprint density at radius 3 is 2.48 bits per heavy atom. The summed E-state index contributed by atoms with van der Waals surface area (Å²) in [5.41, 5.74) is 1.77. The van der Waals surface area contributed by atoms with Crippen LogP contribution in [0.3, 0.4) is 0 Å². The lowest BCUT2D eigenvalue weighted by Gasteiger charge is -2.17. The fourth-order valence-corrected chi connectivity index (χ4v) is 2.62. The molecule has 0 saturated carbocycles. The molecule has 114 valence electrons. The minimum absolute atomic E-state index is 0.0989. The summed E-state index contributed by atoms with van der Waals surface area (Å²) in [6, 6.07) is 17.2. The monoisotopic (exact) mass is 305 g/mol. The SMILES string of the molecule is N#Cc1ccc(C(=O)NC2CCN(c3ccccc3)C2=O)cc1. The summed E-state index contributed by atoms with van der Waals surface area (Å²) in [6.45, 7) is 0.584. The van der Waals surface area contributed by atoms with Crippen LogP contribution in [0, 0.1) is 11.3 Å². The van der Waals surface area contributed by atoms with Crippen LogP contribution < -0.4 is 10.2 Å². The highest BCUT2D eigenvalue weighted by Crippen LogP contribution is 2.21. The van der Waals surface area contributed by atoms with E-state index in [0.717, 1.165) is 5.69 Å². The number of carbonyl (C=O) groups is 2. The number of hydrogen-bond acceptors (Lipinski definition) is 3. The molecular weight excluding hydrogens is 290 g/mol. The van der Waals surface area contributed by atoms with Crippen LogP contribution in [0.25, 0.3) is 0 Å². The first-order valence-corrected chi connectivity index (χ1v) is 7.36. The fraction of sp³-hybridized carbons (Fsp3) is 0.167. The van der Waals surface area contributed by atoms with Crippen molar-refractivity contribution in [1.82, 2.24) is 5.32 Å². The largest absolute Gasteiger partial charge is 0.340 e. The molecule has 0 bridgehead atoms. The van der Waals surface area contributed by atoms with Gasteiger partial charge >= 0.3 is 0 Å². The summed E-state index contributed by atoms with van der Waals surface area (Å²) in [5.74, 6) is -0.402. The lowest BCUT2D eigenvalue weighted by Crippen LogP contribution is -2.41. The topological polar surface area (TPSA) is 73.2 Å². The van der Waals surface area contributed by atoms with Gasteiger partial charge in [-0.3, -0.25) is 9.59 Å². The minimum Gasteiger partial charge on any atom is -0.340 e. The predicted octanol–water partition coefficient (Wildman–Crippen LogP) is 2.09. The molecule has 1 unspecified atom stereocenters. The Morgan fingerprint density at radius 1 is 1.13 bits per heavy atom. The number of para-hydroxylation sites is 1. The first-order chi connectivity index (χ1) is 11.2. The Hall–Kier alpha value is -3.13. The van der Waals surface area contributed by atoms with Crippen LogP contribution in [0.1, 0.15) is 22.3 Å². The van der Waals surface area contributed by atoms with Gasteiger partial charge in [-0.2, -0.15) is 5.26 Å². The lowest BCUT2D eigenvalue weighted by atomic mass is 10.1. The molecule has 1 saturated heterocycles. The molecular formula is C18H15N3O2. The van der Waals surface area contributed by atoms with E-state index in [1.54, 1.807) is 29.2 Å². The van der Waals surface area contributed by atoms with Crippen molar-refractivity contribution in [3.05, 3.63) is 65.7 Å². The van der Waals surface area contributed by atoms with Crippen molar-refractivity contribution in [2.24, 2.45) is 0 Å². The third-order valence-electron chi connectivity index (χ3n) is 3.85. The molecule has 1 aliphatic rings. The van der Waals surface area contributed by atoms with E-state index >= 15 is 0 Å². The maximum absolute atomic E-state index is 12.4. The normalized spacial score (nSPS) is 16.9. The Kier molecular flexibility index (Phi) is 4.07. The molecule has 2 aromatic carbocycles. The van der Waals surface area contributed by atoms with Crippen molar-refractivity contribution in [3.63, 3.8) is 0 Å². The maximum Gasteiger partial charge on any atom is 0.251 e. The Morgan fingerprint density at radius 2 is 1.83 bits per heavy atom. The average Bonchev–Trinajstić information content (AvgIpc) is 2.96. The van der Waals surface area contributed by atoms with Gasteiger partial charge in [-0.25, -0.2) is 0 Å². The Labute approximate surface area is 134 Å². The highest BCUT2D eigenvalue weighted by molar-refractivity contribution is 6.03. The zero-order chi connectivity index (χ0) is 16.2. The summed E-state index contributed by atoms with van der Waals surface area (Å²) >= 11 is 0. The van der Waals surface area contributed by atoms with Gasteiger partial charge in [-0.05, 0) is 42.8 Å². The van der Waals surface area contributed by atoms with E-state index in [9.17, 15) is 9.59 Å². The summed E-state index contributed by atoms with van der Waals surface area (Å²) in [4.78, 5) is 26.3. The molecule has 1 atom stereocenters. The van der Waals surface area contributed by atoms with Gasteiger partial charge in [0.05, 0.1) is 11.6 Å². The number of anilines is 1. The number of carbonyl (C=O) groups excluding carboxylic acids is 2. The standard InChI is InChI=1S/C18H15N3O2/c19-12-13-6-8-14(9-7-13)17(22)20-16-10-11-21(18(16)23)15-4-2-1-3-5-15/h1-9,16H,10-11H2,(H,20,22). The van der Waals surface area contributed by atoms with Gasteiger partial charge < -0.3 is 10.2 Å². The molecule has 1 fully saturated rings. The van der Waals surface area contributed by atoms with Crippen molar-refractivity contribution in [2.75, 3.05) is 11.4 Å². The Bertz CT molecular complexity index is 763. The van der Waals surface area contributed by atoms with Crippen LogP contribution in [-0.2, 0) is 4.79 Å². The second-order valence-corrected chi connectivity index (χ2v) is 5.33. The highest BCUT2D eigenvalue weighted by atomic mass is 16.2. The van der Waals surface area contributed by atoms with E-state index in [0.29, 0.717) is 24.1 Å². The molecule has 5 heteroatoms. The molecule has 0 radical (unpaired) electrons. The second-order valence-electron chi connectivity index (χ2n) is 5.33. The number of nitrogens with one attached hydrogen (secondary N) is 1. The maximum atomic E-state index is 12.4. The smallest absolute Gasteiger partial charge is 0.251 e. The second kappa shape index (κ2) is 6.32. The molecule has 1 N–H and O–H groups in total. The van der Waals surface area contributed by atoms with E-state index < -0.39 is 6.04 Å². The molecule has 0 aliphatic carbocycles. The van der Waals surface area contributed by atoms with Gasteiger partial charge in [0, 0.05) is 17.8 Å². The molecule has 1 aliphatic heterocycles. The van der Waals surface area contributed by atoms with E-state index in [4.69, 9.17) is 5.26 Å². The summed E-state index contributed by atoms with van der Waals surface area (Å²) in [5, 5.41) is 11.5. The minimum atomic E-state index is -0.515. The van der Waals surface area contributed by atoms with Crippen LogP contribution in [0.5, 0.6) is 0 Å². The molecule has 2 amide bonds. The van der Waals surface area contributed by atoms with Gasteiger partial charge in [0.25, 0.3) is 5.91 Å². The first-order valence-electron chi connectivity index (χ1n) is 7.36. The number of hydrogen-bond donors (Lipinski definition) is 1. The number of rotatable bonds is 3. The van der Waals surface area contributed by atoms with Crippen molar-refractivity contribution in [3.8, 4) is 6.07 Å². The molecule has 23 heavy (non-hydrogen) atoms. The third-order valence-corrected chi connectivity index (χ3v) is 3.85. The van der Waals surface area contributed by atoms with Gasteiger partial charge in [-0.1, -0.05) is 18.2 Å². The van der Waals surface area contributed by atoms with Crippen molar-refractivity contribution in [2.45, 2.75) is 12.5 Å². The van der Waals surface area contributed by atoms with Gasteiger partial charge in [0.1, 0.15) is 6.04 Å². The summed E-state index contributed by atoms with van der Waals surface area (Å²) in [6.07, 6.45) is 0.579. The first kappa shape index (κ1) is 14.8. The van der Waals surface area contributed by atoms with Gasteiger partial charge in [-0.15, -0.1) is 0 Å². The van der Waals surface area contributed by atoms with E-state index in [2.05, 4.69) is 5.32 Å². The van der Waals surface area contributed by atoms with Crippen LogP contribution in [-0.4, -0.2) is 24.4 Å². The molecule has 5 nitrogen and oxygen atoms in total. The van der Waals surface area contributed by atoms with E-state index in [-0.39, 0.29) is 11.8 Å². The fourth-order valence-electron chi connectivity index (χ4n) is 2.62. The molecule has 3 rings (SSSR count). The zero-order valence-electron chi connectivity index (χ0n) is 12.4. The van der Waals surface area contributed by atoms with Crippen LogP contribution in [0.4, 0.5) is 5.69 Å². The molecule has 2 aromatic rings. The summed E-state index contributed by atoms with van der Waals surface area (Å²) < 4.78 is 0. The summed E-state index contributed by atoms with van der Waals surface area (Å²) in [7, 11) is 0. The van der Waals surface area contributed by atoms with Crippen LogP contribution >= 0.6 is 0 Å². The van der Waals surface area contributed by atoms with Gasteiger partial charge in [0.15, 0.2) is 0 Å². The molecule has 1 heterocycles. The lowest BCUT2D eigenvalue weighted by molar-refractivity contribution is -0.118. The quantitative estimate of drug-likeness (QED) is 0.943. The third kappa shape index (κ3) is 3.06. The van der Waals surface area contributed by atoms with E-state index in [1.807, 2.05) is 36.4 Å². The average molecular weight is 305 g/mol. The van der Waals surface area contributed by atoms with Crippen LogP contribution in [0.15, 0.2) is 54.6 Å². The highest BCUT2D eigenvalue weighted by Gasteiger charge is 2.33. The van der Waals surface area contributed by atoms with Gasteiger partial charge in [0.2, 0.25) is 5.91 Å². The van der Waals surface area contributed by atoms with E-state index in [1.165, 1.54) is 0 Å². The van der Waals surface area contributed by atoms with Crippen molar-refractivity contribution >= 4 is 17.5 Å². The zero-order valence-corrected chi connectivity index (χ0v) is 12.4. The van der Waals surface area contributed by atoms with Crippen LogP contribution in [0.2, 0.25) is 0 Å². The number of amides is 2. The van der Waals surface area contributed by atoms with Crippen molar-refractivity contribution < 1.29 is 9.59 Å². The predicted molar refractivity (Wildman–Crippen MR) is 85.8 cm³/mol. The number of nitrogens with zero attached hydrogens (tertiary/aromatic N) is 2.